The van der Waals surface area contributed by atoms with Crippen molar-refractivity contribution in [2.45, 2.75) is 26.2 Å². The fraction of sp³-hybridized carbons (Fsp3) is 0.500. The maximum absolute atomic E-state index is 12.6. The predicted molar refractivity (Wildman–Crippen MR) is 103 cm³/mol. The molecule has 6 heteroatoms. The molecule has 1 fully saturated rings. The number of carbonyl (C=O) groups is 2. The van der Waals surface area contributed by atoms with Crippen LogP contribution in [0.5, 0.6) is 5.75 Å². The number of nitrogens with one attached hydrogen (secondary N) is 2. The molecule has 0 radical (unpaired) electrons. The molecule has 1 aromatic rings. The average Bonchev–Trinajstić information content (AvgIpc) is 2.66. The number of likely N-dealkylation sites (tertiary alicyclic amines) is 1. The van der Waals surface area contributed by atoms with Gasteiger partial charge in [0.25, 0.3) is 0 Å². The minimum absolute atomic E-state index is 0.0580. The lowest BCUT2D eigenvalue weighted by Crippen LogP contribution is -2.46. The molecule has 0 bridgehead atoms. The van der Waals surface area contributed by atoms with Crippen LogP contribution in [-0.4, -0.2) is 43.6 Å². The van der Waals surface area contributed by atoms with E-state index < -0.39 is 0 Å². The molecule has 1 heterocycles. The average molecular weight is 359 g/mol. The first-order valence-electron chi connectivity index (χ1n) is 9.15. The SMILES string of the molecule is C=CCNC(=O)CC1CCN(C(=O)Nc2cccc(OC)c2)CC1CC. The number of amides is 3. The van der Waals surface area contributed by atoms with Gasteiger partial charge in [-0.2, -0.15) is 0 Å². The fourth-order valence-electron chi connectivity index (χ4n) is 3.40. The molecular weight excluding hydrogens is 330 g/mol. The summed E-state index contributed by atoms with van der Waals surface area (Å²) < 4.78 is 5.19. The van der Waals surface area contributed by atoms with Gasteiger partial charge in [0.1, 0.15) is 5.75 Å². The first kappa shape index (κ1) is 19.8. The summed E-state index contributed by atoms with van der Waals surface area (Å²) in [7, 11) is 1.60. The van der Waals surface area contributed by atoms with Gasteiger partial charge in [0.15, 0.2) is 0 Å². The summed E-state index contributed by atoms with van der Waals surface area (Å²) in [5, 5.41) is 5.77. The Balaban J connectivity index is 1.91. The molecule has 0 aromatic heterocycles. The van der Waals surface area contributed by atoms with Gasteiger partial charge in [-0.25, -0.2) is 4.79 Å². The summed E-state index contributed by atoms with van der Waals surface area (Å²) in [6, 6.07) is 7.22. The van der Waals surface area contributed by atoms with Crippen LogP contribution in [0.1, 0.15) is 26.2 Å². The number of ether oxygens (including phenoxy) is 1. The molecule has 0 saturated carbocycles. The van der Waals surface area contributed by atoms with Crippen LogP contribution in [0.25, 0.3) is 0 Å². The number of rotatable bonds is 7. The number of urea groups is 1. The maximum Gasteiger partial charge on any atom is 0.321 e. The molecule has 1 aromatic carbocycles. The van der Waals surface area contributed by atoms with Gasteiger partial charge < -0.3 is 20.3 Å². The van der Waals surface area contributed by atoms with E-state index in [1.807, 2.05) is 23.1 Å². The zero-order valence-corrected chi connectivity index (χ0v) is 15.7. The minimum Gasteiger partial charge on any atom is -0.497 e. The van der Waals surface area contributed by atoms with Crippen LogP contribution in [0.3, 0.4) is 0 Å². The molecule has 2 rings (SSSR count). The van der Waals surface area contributed by atoms with Crippen LogP contribution < -0.4 is 15.4 Å². The van der Waals surface area contributed by atoms with E-state index in [0.717, 1.165) is 12.8 Å². The molecule has 1 saturated heterocycles. The molecule has 26 heavy (non-hydrogen) atoms. The Bertz CT molecular complexity index is 632. The summed E-state index contributed by atoms with van der Waals surface area (Å²) in [6.45, 7) is 7.55. The quantitative estimate of drug-likeness (QED) is 0.734. The van der Waals surface area contributed by atoms with Gasteiger partial charge in [0.05, 0.1) is 7.11 Å². The second-order valence-electron chi connectivity index (χ2n) is 6.62. The van der Waals surface area contributed by atoms with Crippen LogP contribution in [0, 0.1) is 11.8 Å². The van der Waals surface area contributed by atoms with Gasteiger partial charge in [-0.1, -0.05) is 25.5 Å². The predicted octanol–water partition coefficient (Wildman–Crippen LogP) is 3.27. The number of piperidine rings is 1. The first-order chi connectivity index (χ1) is 12.6. The highest BCUT2D eigenvalue weighted by Gasteiger charge is 2.31. The van der Waals surface area contributed by atoms with Crippen LogP contribution in [0.2, 0.25) is 0 Å². The van der Waals surface area contributed by atoms with Crippen molar-refractivity contribution in [2.75, 3.05) is 32.1 Å². The third kappa shape index (κ3) is 5.51. The van der Waals surface area contributed by atoms with Crippen molar-refractivity contribution < 1.29 is 14.3 Å². The third-order valence-electron chi connectivity index (χ3n) is 4.92. The molecule has 2 atom stereocenters. The molecule has 3 amide bonds. The molecule has 142 valence electrons. The molecule has 1 aliphatic rings. The number of hydrogen-bond donors (Lipinski definition) is 2. The summed E-state index contributed by atoms with van der Waals surface area (Å²) in [5.74, 6) is 1.40. The van der Waals surface area contributed by atoms with Gasteiger partial charge in [-0.3, -0.25) is 4.79 Å². The first-order valence-corrected chi connectivity index (χ1v) is 9.15. The van der Waals surface area contributed by atoms with E-state index in [-0.39, 0.29) is 11.9 Å². The van der Waals surface area contributed by atoms with E-state index in [2.05, 4.69) is 24.1 Å². The lowest BCUT2D eigenvalue weighted by atomic mass is 9.81. The molecule has 2 unspecified atom stereocenters. The summed E-state index contributed by atoms with van der Waals surface area (Å²) >= 11 is 0. The van der Waals surface area contributed by atoms with Crippen molar-refractivity contribution in [3.8, 4) is 5.75 Å². The van der Waals surface area contributed by atoms with Crippen LogP contribution in [-0.2, 0) is 4.79 Å². The maximum atomic E-state index is 12.6. The van der Waals surface area contributed by atoms with E-state index in [9.17, 15) is 9.59 Å². The smallest absolute Gasteiger partial charge is 0.321 e. The monoisotopic (exact) mass is 359 g/mol. The van der Waals surface area contributed by atoms with Crippen molar-refractivity contribution in [2.24, 2.45) is 11.8 Å². The summed E-state index contributed by atoms with van der Waals surface area (Å²) in [5.41, 5.74) is 0.716. The van der Waals surface area contributed by atoms with Crippen molar-refractivity contribution >= 4 is 17.6 Å². The highest BCUT2D eigenvalue weighted by molar-refractivity contribution is 5.89. The van der Waals surface area contributed by atoms with Gasteiger partial charge in [-0.15, -0.1) is 6.58 Å². The zero-order valence-electron chi connectivity index (χ0n) is 15.7. The summed E-state index contributed by atoms with van der Waals surface area (Å²) in [6.07, 6.45) is 3.98. The van der Waals surface area contributed by atoms with Crippen LogP contribution >= 0.6 is 0 Å². The Hall–Kier alpha value is -2.50. The van der Waals surface area contributed by atoms with E-state index in [1.165, 1.54) is 0 Å². The van der Waals surface area contributed by atoms with Crippen molar-refractivity contribution in [3.63, 3.8) is 0 Å². The number of hydrogen-bond acceptors (Lipinski definition) is 3. The lowest BCUT2D eigenvalue weighted by Gasteiger charge is -2.38. The van der Waals surface area contributed by atoms with E-state index >= 15 is 0 Å². The van der Waals surface area contributed by atoms with Crippen LogP contribution in [0.15, 0.2) is 36.9 Å². The largest absolute Gasteiger partial charge is 0.497 e. The number of carbonyl (C=O) groups excluding carboxylic acids is 2. The minimum atomic E-state index is -0.105. The molecule has 0 aliphatic carbocycles. The molecule has 2 N–H and O–H groups in total. The highest BCUT2D eigenvalue weighted by atomic mass is 16.5. The highest BCUT2D eigenvalue weighted by Crippen LogP contribution is 2.29. The van der Waals surface area contributed by atoms with Crippen molar-refractivity contribution in [1.82, 2.24) is 10.2 Å². The van der Waals surface area contributed by atoms with Gasteiger partial charge in [0, 0.05) is 37.8 Å². The Labute approximate surface area is 155 Å². The Kier molecular flexibility index (Phi) is 7.51. The number of methoxy groups -OCH3 is 1. The van der Waals surface area contributed by atoms with E-state index in [4.69, 9.17) is 4.74 Å². The zero-order chi connectivity index (χ0) is 18.9. The molecular formula is C20H29N3O3. The van der Waals surface area contributed by atoms with E-state index in [1.54, 1.807) is 19.3 Å². The Morgan fingerprint density at radius 3 is 2.88 bits per heavy atom. The van der Waals surface area contributed by atoms with E-state index in [0.29, 0.717) is 49.3 Å². The van der Waals surface area contributed by atoms with Gasteiger partial charge in [0.2, 0.25) is 5.91 Å². The lowest BCUT2D eigenvalue weighted by molar-refractivity contribution is -0.122. The fourth-order valence-corrected chi connectivity index (χ4v) is 3.40. The third-order valence-corrected chi connectivity index (χ3v) is 4.92. The summed E-state index contributed by atoms with van der Waals surface area (Å²) in [4.78, 5) is 26.4. The van der Waals surface area contributed by atoms with Gasteiger partial charge in [-0.05, 0) is 30.4 Å². The van der Waals surface area contributed by atoms with Gasteiger partial charge >= 0.3 is 6.03 Å². The van der Waals surface area contributed by atoms with Crippen molar-refractivity contribution in [1.29, 1.82) is 0 Å². The number of nitrogens with zero attached hydrogens (tertiary/aromatic N) is 1. The second-order valence-corrected chi connectivity index (χ2v) is 6.62. The molecule has 1 aliphatic heterocycles. The second kappa shape index (κ2) is 9.85. The Morgan fingerprint density at radius 2 is 2.19 bits per heavy atom. The number of benzene rings is 1. The van der Waals surface area contributed by atoms with Crippen LogP contribution in [0.4, 0.5) is 10.5 Å². The standard InChI is InChI=1S/C20H29N3O3/c1-4-10-21-19(24)12-16-9-11-23(14-15(16)5-2)20(25)22-17-7-6-8-18(13-17)26-3/h4,6-8,13,15-16H,1,5,9-12,14H2,2-3H3,(H,21,24)(H,22,25). The Morgan fingerprint density at radius 1 is 1.38 bits per heavy atom. The normalized spacial score (nSPS) is 19.5. The topological polar surface area (TPSA) is 70.7 Å². The molecule has 6 nitrogen and oxygen atoms in total. The number of anilines is 1. The van der Waals surface area contributed by atoms with Crippen molar-refractivity contribution in [3.05, 3.63) is 36.9 Å². The molecule has 0 spiro atoms.